The van der Waals surface area contributed by atoms with Gasteiger partial charge in [0.2, 0.25) is 5.95 Å². The van der Waals surface area contributed by atoms with E-state index in [4.69, 9.17) is 5.73 Å². The number of nitrogens with one attached hydrogen (secondary N) is 2. The summed E-state index contributed by atoms with van der Waals surface area (Å²) in [5.74, 6) is 0.0306. The molecule has 90 valence electrons. The van der Waals surface area contributed by atoms with E-state index < -0.39 is 10.0 Å². The standard InChI is InChI=1S/C9H11N5O2S/c10-5-7-4-8(6-13-7)17(15,16)14-9-11-2-1-3-12-9/h1-4,6,13H,5,10H2,(H,11,12,14). The van der Waals surface area contributed by atoms with Crippen molar-refractivity contribution in [3.8, 4) is 0 Å². The number of nitrogens with two attached hydrogens (primary N) is 1. The zero-order chi connectivity index (χ0) is 12.3. The second-order valence-corrected chi connectivity index (χ2v) is 4.93. The van der Waals surface area contributed by atoms with Crippen LogP contribution in [0.1, 0.15) is 5.69 Å². The SMILES string of the molecule is NCc1cc(S(=O)(=O)Nc2ncccn2)c[nH]1. The highest BCUT2D eigenvalue weighted by Crippen LogP contribution is 2.13. The Balaban J connectivity index is 2.25. The smallest absolute Gasteiger partial charge is 0.265 e. The lowest BCUT2D eigenvalue weighted by Crippen LogP contribution is -2.14. The van der Waals surface area contributed by atoms with Crippen LogP contribution in [0.25, 0.3) is 0 Å². The fourth-order valence-corrected chi connectivity index (χ4v) is 2.20. The molecule has 0 radical (unpaired) electrons. The second kappa shape index (κ2) is 4.52. The van der Waals surface area contributed by atoms with Crippen LogP contribution in [-0.4, -0.2) is 23.4 Å². The molecule has 0 amide bonds. The summed E-state index contributed by atoms with van der Waals surface area (Å²) in [6, 6.07) is 3.06. The number of hydrogen-bond donors (Lipinski definition) is 3. The predicted octanol–water partition coefficient (Wildman–Crippen LogP) is 0.0642. The van der Waals surface area contributed by atoms with Crippen LogP contribution in [0.5, 0.6) is 0 Å². The molecule has 4 N–H and O–H groups in total. The maximum absolute atomic E-state index is 11.9. The molecule has 17 heavy (non-hydrogen) atoms. The quantitative estimate of drug-likeness (QED) is 0.713. The van der Waals surface area contributed by atoms with Crippen LogP contribution in [0, 0.1) is 0 Å². The number of aromatic nitrogens is 3. The van der Waals surface area contributed by atoms with Crippen molar-refractivity contribution < 1.29 is 8.42 Å². The van der Waals surface area contributed by atoms with Gasteiger partial charge in [-0.15, -0.1) is 0 Å². The summed E-state index contributed by atoms with van der Waals surface area (Å²) in [5, 5.41) is 0. The van der Waals surface area contributed by atoms with Crippen molar-refractivity contribution in [3.05, 3.63) is 36.4 Å². The third kappa shape index (κ3) is 2.60. The summed E-state index contributed by atoms with van der Waals surface area (Å²) < 4.78 is 26.0. The van der Waals surface area contributed by atoms with E-state index in [0.717, 1.165) is 0 Å². The predicted molar refractivity (Wildman–Crippen MR) is 61.5 cm³/mol. The molecule has 7 nitrogen and oxygen atoms in total. The minimum Gasteiger partial charge on any atom is -0.363 e. The number of aromatic amines is 1. The van der Waals surface area contributed by atoms with Crippen LogP contribution in [-0.2, 0) is 16.6 Å². The molecular weight excluding hydrogens is 242 g/mol. The molecule has 0 aliphatic rings. The van der Waals surface area contributed by atoms with Crippen molar-refractivity contribution >= 4 is 16.0 Å². The number of H-pyrrole nitrogens is 1. The maximum atomic E-state index is 11.9. The molecule has 0 aromatic carbocycles. The summed E-state index contributed by atoms with van der Waals surface area (Å²) in [5.41, 5.74) is 6.03. The van der Waals surface area contributed by atoms with Crippen LogP contribution < -0.4 is 10.5 Å². The van der Waals surface area contributed by atoms with Crippen molar-refractivity contribution in [3.63, 3.8) is 0 Å². The van der Waals surface area contributed by atoms with Crippen LogP contribution in [0.2, 0.25) is 0 Å². The zero-order valence-electron chi connectivity index (χ0n) is 8.79. The Morgan fingerprint density at radius 2 is 2.06 bits per heavy atom. The van der Waals surface area contributed by atoms with Crippen LogP contribution in [0.15, 0.2) is 35.6 Å². The summed E-state index contributed by atoms with van der Waals surface area (Å²) >= 11 is 0. The lowest BCUT2D eigenvalue weighted by Gasteiger charge is -2.03. The Morgan fingerprint density at radius 1 is 1.35 bits per heavy atom. The average Bonchev–Trinajstić information content (AvgIpc) is 2.79. The van der Waals surface area contributed by atoms with E-state index in [1.807, 2.05) is 0 Å². The minimum absolute atomic E-state index is 0.0306. The normalized spacial score (nSPS) is 11.4. The number of hydrogen-bond acceptors (Lipinski definition) is 5. The number of nitrogens with zero attached hydrogens (tertiary/aromatic N) is 2. The number of rotatable bonds is 4. The van der Waals surface area contributed by atoms with Gasteiger partial charge in [-0.1, -0.05) is 0 Å². The maximum Gasteiger partial charge on any atom is 0.265 e. The fourth-order valence-electron chi connectivity index (χ4n) is 1.22. The molecule has 0 fully saturated rings. The zero-order valence-corrected chi connectivity index (χ0v) is 9.61. The van der Waals surface area contributed by atoms with Gasteiger partial charge in [-0.3, -0.25) is 0 Å². The highest BCUT2D eigenvalue weighted by molar-refractivity contribution is 7.92. The molecule has 2 aromatic rings. The van der Waals surface area contributed by atoms with Gasteiger partial charge in [0, 0.05) is 30.8 Å². The Labute approximate surface area is 98.2 Å². The Hall–Kier alpha value is -1.93. The molecule has 0 saturated heterocycles. The van der Waals surface area contributed by atoms with Crippen molar-refractivity contribution in [2.24, 2.45) is 5.73 Å². The van der Waals surface area contributed by atoms with Gasteiger partial charge in [-0.25, -0.2) is 23.1 Å². The Morgan fingerprint density at radius 3 is 2.65 bits per heavy atom. The molecule has 0 aliphatic carbocycles. The van der Waals surface area contributed by atoms with Gasteiger partial charge in [-0.05, 0) is 12.1 Å². The molecule has 0 saturated carbocycles. The molecule has 2 aromatic heterocycles. The first-order chi connectivity index (χ1) is 8.12. The van der Waals surface area contributed by atoms with Gasteiger partial charge < -0.3 is 10.7 Å². The summed E-state index contributed by atoms with van der Waals surface area (Å²) in [4.78, 5) is 10.4. The van der Waals surface area contributed by atoms with Crippen LogP contribution in [0.3, 0.4) is 0 Å². The monoisotopic (exact) mass is 253 g/mol. The molecule has 2 rings (SSSR count). The van der Waals surface area contributed by atoms with E-state index in [1.54, 1.807) is 6.07 Å². The molecule has 0 spiro atoms. The van der Waals surface area contributed by atoms with Crippen molar-refractivity contribution in [1.82, 2.24) is 15.0 Å². The summed E-state index contributed by atoms with van der Waals surface area (Å²) in [7, 11) is -3.66. The van der Waals surface area contributed by atoms with Gasteiger partial charge in [0.15, 0.2) is 0 Å². The van der Waals surface area contributed by atoms with E-state index >= 15 is 0 Å². The van der Waals surface area contributed by atoms with Crippen LogP contribution >= 0.6 is 0 Å². The first kappa shape index (κ1) is 11.6. The lowest BCUT2D eigenvalue weighted by molar-refractivity contribution is 0.601. The highest BCUT2D eigenvalue weighted by Gasteiger charge is 2.16. The van der Waals surface area contributed by atoms with Crippen molar-refractivity contribution in [1.29, 1.82) is 0 Å². The van der Waals surface area contributed by atoms with Crippen LogP contribution in [0.4, 0.5) is 5.95 Å². The molecule has 2 heterocycles. The summed E-state index contributed by atoms with van der Waals surface area (Å²) in [6.45, 7) is 0.247. The molecule has 0 bridgehead atoms. The molecule has 0 atom stereocenters. The molecular formula is C9H11N5O2S. The lowest BCUT2D eigenvalue weighted by atomic mass is 10.4. The van der Waals surface area contributed by atoms with E-state index in [1.165, 1.54) is 24.7 Å². The van der Waals surface area contributed by atoms with Crippen molar-refractivity contribution in [2.75, 3.05) is 4.72 Å². The molecule has 0 unspecified atom stereocenters. The van der Waals surface area contributed by atoms with Gasteiger partial charge in [0.05, 0.1) is 0 Å². The molecule has 8 heteroatoms. The van der Waals surface area contributed by atoms with E-state index in [9.17, 15) is 8.42 Å². The van der Waals surface area contributed by atoms with E-state index in [-0.39, 0.29) is 17.4 Å². The molecule has 0 aliphatic heterocycles. The first-order valence-electron chi connectivity index (χ1n) is 4.79. The largest absolute Gasteiger partial charge is 0.363 e. The summed E-state index contributed by atoms with van der Waals surface area (Å²) in [6.07, 6.45) is 4.27. The van der Waals surface area contributed by atoms with Gasteiger partial charge >= 0.3 is 0 Å². The van der Waals surface area contributed by atoms with Gasteiger partial charge in [0.1, 0.15) is 4.90 Å². The first-order valence-corrected chi connectivity index (χ1v) is 6.27. The highest BCUT2D eigenvalue weighted by atomic mass is 32.2. The fraction of sp³-hybridized carbons (Fsp3) is 0.111. The number of sulfonamides is 1. The Kier molecular flexibility index (Phi) is 3.07. The third-order valence-electron chi connectivity index (χ3n) is 2.04. The number of anilines is 1. The van der Waals surface area contributed by atoms with E-state index in [2.05, 4.69) is 19.7 Å². The Bertz CT molecular complexity index is 593. The topological polar surface area (TPSA) is 114 Å². The third-order valence-corrected chi connectivity index (χ3v) is 3.35. The van der Waals surface area contributed by atoms with Gasteiger partial charge in [-0.2, -0.15) is 0 Å². The van der Waals surface area contributed by atoms with E-state index in [0.29, 0.717) is 5.69 Å². The minimum atomic E-state index is -3.66. The average molecular weight is 253 g/mol. The van der Waals surface area contributed by atoms with Crippen molar-refractivity contribution in [2.45, 2.75) is 11.4 Å². The van der Waals surface area contributed by atoms with Gasteiger partial charge in [0.25, 0.3) is 10.0 Å². The second-order valence-electron chi connectivity index (χ2n) is 3.24.